The Hall–Kier alpha value is -1.03. The minimum atomic E-state index is -1.96. The fourth-order valence-electron chi connectivity index (χ4n) is 11.7. The monoisotopic (exact) mass is 977 g/mol. The molecule has 18 atom stereocenters. The molecule has 3 heterocycles. The van der Waals surface area contributed by atoms with Crippen LogP contribution in [0.3, 0.4) is 0 Å². The summed E-state index contributed by atoms with van der Waals surface area (Å²) in [7, 11) is 4.34. The molecule has 0 aliphatic carbocycles. The van der Waals surface area contributed by atoms with E-state index in [1.807, 2.05) is 46.7 Å². The summed E-state index contributed by atoms with van der Waals surface area (Å²) < 4.78 is 32.0. The standard InChI is InChI=1S/C52H101N2O12P/c1-17-41-52(10,61)45(57)37(6)54(42(55)27-25-23-21-19-18-20-22-24-26-28-67(14,15)16)32-33(2)30-50(8,60)47(66-49-44(56)39(53(11)12)29-34(3)63-49)35(4)43(36(5)48(59)65-41)40-31-51(9,62-13)46(58)38(7)64-40/h33-41,43-47,49,56-58,60-61,67H,17-32H2,1-16H3/t33-,34-,35+,36-,37-,38+,39+,40?,41-,43+,44-,45-,46+,47-,49+,50-,51-,52-/m1/s1. The first-order valence-corrected chi connectivity index (χ1v) is 29.9. The number of cyclic esters (lactones) is 1. The number of esters is 1. The molecule has 396 valence electrons. The van der Waals surface area contributed by atoms with Gasteiger partial charge in [-0.05, 0) is 86.7 Å². The summed E-state index contributed by atoms with van der Waals surface area (Å²) >= 11 is 0. The number of methoxy groups -OCH3 is 1. The number of hydrogen-bond donors (Lipinski definition) is 5. The minimum absolute atomic E-state index is 0.123. The molecule has 0 aromatic rings. The van der Waals surface area contributed by atoms with Crippen molar-refractivity contribution in [1.29, 1.82) is 0 Å². The summed E-state index contributed by atoms with van der Waals surface area (Å²) in [6.45, 7) is 25.2. The molecule has 5 N–H and O–H groups in total. The number of amides is 1. The van der Waals surface area contributed by atoms with Crippen molar-refractivity contribution in [1.82, 2.24) is 9.80 Å². The van der Waals surface area contributed by atoms with Gasteiger partial charge >= 0.3 is 110 Å². The third-order valence-electron chi connectivity index (χ3n) is 15.9. The molecule has 0 bridgehead atoms. The topological polar surface area (TPSA) is 188 Å². The first-order chi connectivity index (χ1) is 31.0. The van der Waals surface area contributed by atoms with E-state index in [1.165, 1.54) is 52.3 Å². The van der Waals surface area contributed by atoms with E-state index in [-0.39, 0.29) is 56.2 Å². The molecule has 3 aliphatic rings. The average molecular weight is 977 g/mol. The van der Waals surface area contributed by atoms with Crippen LogP contribution in [-0.4, -0.2) is 185 Å². The van der Waals surface area contributed by atoms with Crippen LogP contribution in [0.25, 0.3) is 0 Å². The summed E-state index contributed by atoms with van der Waals surface area (Å²) in [4.78, 5) is 32.6. The van der Waals surface area contributed by atoms with Gasteiger partial charge in [0.25, 0.3) is 0 Å². The smallest absolute Gasteiger partial charge is 0.126 e. The summed E-state index contributed by atoms with van der Waals surface area (Å²) in [5.41, 5.74) is -4.66. The fraction of sp³-hybridized carbons (Fsp3) is 0.962. The SMILES string of the molecule is CC[C@H]1OC(=O)[C@H](C)[C@@H](C2C[C@@](C)(OC)[C@@H](O)[C@H](C)O2)[C@H](C)[C@@H](O[C@@H]2O[C@H](C)C[C@H](N(C)C)[C@H]2O)[C@](C)(O)C[C@@H](C)CN(C(=O)CCCCCCCCCCC[PH](C)(C)C)[C@H](C)[C@@H](O)[C@]1(C)O. The van der Waals surface area contributed by atoms with Gasteiger partial charge in [0, 0.05) is 32.0 Å². The molecule has 14 nitrogen and oxygen atoms in total. The molecular weight excluding hydrogens is 876 g/mol. The molecule has 1 unspecified atom stereocenters. The van der Waals surface area contributed by atoms with Crippen molar-refractivity contribution in [2.45, 2.75) is 243 Å². The van der Waals surface area contributed by atoms with Crippen LogP contribution in [0.2, 0.25) is 0 Å². The zero-order valence-electron chi connectivity index (χ0n) is 45.0. The molecule has 3 fully saturated rings. The van der Waals surface area contributed by atoms with Crippen LogP contribution in [0.15, 0.2) is 0 Å². The molecule has 3 saturated heterocycles. The Morgan fingerprint density at radius 3 is 1.96 bits per heavy atom. The Labute approximate surface area is 407 Å². The Morgan fingerprint density at radius 1 is 0.851 bits per heavy atom. The van der Waals surface area contributed by atoms with Crippen molar-refractivity contribution < 1.29 is 58.8 Å². The number of carbonyl (C=O) groups excluding carboxylic acids is 2. The van der Waals surface area contributed by atoms with Crippen molar-refractivity contribution in [3.63, 3.8) is 0 Å². The van der Waals surface area contributed by atoms with E-state index in [9.17, 15) is 35.1 Å². The van der Waals surface area contributed by atoms with E-state index in [2.05, 4.69) is 20.0 Å². The minimum Gasteiger partial charge on any atom is -0.388 e. The van der Waals surface area contributed by atoms with E-state index in [0.29, 0.717) is 12.8 Å². The fourth-order valence-corrected chi connectivity index (χ4v) is 13.0. The Kier molecular flexibility index (Phi) is 23.5. The summed E-state index contributed by atoms with van der Waals surface area (Å²) in [5.74, 6) is -3.53. The van der Waals surface area contributed by atoms with Crippen molar-refractivity contribution in [2.75, 3.05) is 53.9 Å². The number of unbranched alkanes of at least 4 members (excludes halogenated alkanes) is 8. The number of carbonyl (C=O) groups is 2. The van der Waals surface area contributed by atoms with Gasteiger partial charge in [-0.1, -0.05) is 27.7 Å². The zero-order chi connectivity index (χ0) is 50.8. The van der Waals surface area contributed by atoms with E-state index < -0.39 is 103 Å². The molecule has 3 rings (SSSR count). The molecule has 0 aromatic carbocycles. The number of ether oxygens (including phenoxy) is 5. The van der Waals surface area contributed by atoms with Gasteiger partial charge in [0.1, 0.15) is 30.0 Å². The van der Waals surface area contributed by atoms with Crippen LogP contribution in [0, 0.1) is 23.7 Å². The molecule has 0 radical (unpaired) electrons. The number of rotatable bonds is 18. The molecular formula is C52H101N2O12P. The third-order valence-corrected chi connectivity index (χ3v) is 17.8. The third kappa shape index (κ3) is 16.5. The maximum Gasteiger partial charge on any atom is 0.126 e. The zero-order valence-corrected chi connectivity index (χ0v) is 46.0. The van der Waals surface area contributed by atoms with Gasteiger partial charge < -0.3 is 59.0 Å². The van der Waals surface area contributed by atoms with Crippen molar-refractivity contribution in [3.8, 4) is 0 Å². The normalized spacial score (nSPS) is 41.4. The number of likely N-dealkylation sites (N-methyl/N-ethyl adjacent to an activating group) is 1. The van der Waals surface area contributed by atoms with Crippen LogP contribution < -0.4 is 0 Å². The van der Waals surface area contributed by atoms with Gasteiger partial charge in [-0.25, -0.2) is 0 Å². The second-order valence-corrected chi connectivity index (χ2v) is 29.2. The molecule has 1 amide bonds. The molecule has 0 aromatic heterocycles. The largest absolute Gasteiger partial charge is 0.388 e. The maximum absolute atomic E-state index is 14.7. The first-order valence-electron chi connectivity index (χ1n) is 26.2. The van der Waals surface area contributed by atoms with Crippen LogP contribution >= 0.6 is 7.26 Å². The Bertz CT molecular complexity index is 1500. The average Bonchev–Trinajstić information content (AvgIpc) is 3.23. The summed E-state index contributed by atoms with van der Waals surface area (Å²) in [5, 5.41) is 60.3. The Morgan fingerprint density at radius 2 is 1.42 bits per heavy atom. The number of hydrogen-bond acceptors (Lipinski definition) is 13. The van der Waals surface area contributed by atoms with E-state index in [1.54, 1.807) is 39.5 Å². The molecule has 15 heteroatoms. The summed E-state index contributed by atoms with van der Waals surface area (Å²) in [6, 6.07) is -1.18. The second kappa shape index (κ2) is 26.1. The van der Waals surface area contributed by atoms with Crippen LogP contribution in [0.5, 0.6) is 0 Å². The molecule has 3 aliphatic heterocycles. The second-order valence-electron chi connectivity index (χ2n) is 23.6. The van der Waals surface area contributed by atoms with Gasteiger partial charge in [-0.15, -0.1) is 0 Å². The van der Waals surface area contributed by atoms with Crippen LogP contribution in [0.4, 0.5) is 0 Å². The van der Waals surface area contributed by atoms with Gasteiger partial charge in [0.15, 0.2) is 6.29 Å². The number of aliphatic hydroxyl groups is 5. The maximum atomic E-state index is 14.7. The predicted molar refractivity (Wildman–Crippen MR) is 269 cm³/mol. The predicted octanol–water partition coefficient (Wildman–Crippen LogP) is 6.61. The van der Waals surface area contributed by atoms with E-state index in [4.69, 9.17) is 23.7 Å². The van der Waals surface area contributed by atoms with E-state index >= 15 is 0 Å². The molecule has 67 heavy (non-hydrogen) atoms. The van der Waals surface area contributed by atoms with Gasteiger partial charge in [-0.2, -0.15) is 0 Å². The van der Waals surface area contributed by atoms with Gasteiger partial charge in [0.05, 0.1) is 47.6 Å². The number of nitrogens with zero attached hydrogens (tertiary/aromatic N) is 2. The van der Waals surface area contributed by atoms with Gasteiger partial charge in [-0.3, -0.25) is 9.59 Å². The van der Waals surface area contributed by atoms with Crippen molar-refractivity contribution in [2.24, 2.45) is 23.7 Å². The van der Waals surface area contributed by atoms with Crippen LogP contribution in [0.1, 0.15) is 159 Å². The van der Waals surface area contributed by atoms with Gasteiger partial charge in [0.2, 0.25) is 0 Å². The molecule has 0 saturated carbocycles. The summed E-state index contributed by atoms with van der Waals surface area (Å²) in [6.07, 6.45) is 4.22. The van der Waals surface area contributed by atoms with Crippen molar-refractivity contribution >= 4 is 19.1 Å². The molecule has 0 spiro atoms. The van der Waals surface area contributed by atoms with Crippen molar-refractivity contribution in [3.05, 3.63) is 0 Å². The quantitative estimate of drug-likeness (QED) is 0.0562. The Balaban J connectivity index is 2.03. The van der Waals surface area contributed by atoms with Crippen LogP contribution in [-0.2, 0) is 33.3 Å². The van der Waals surface area contributed by atoms with E-state index in [0.717, 1.165) is 19.3 Å². The number of aliphatic hydroxyl groups excluding tert-OH is 3. The first kappa shape index (κ1) is 60.3.